The molecule has 2 aromatic rings. The summed E-state index contributed by atoms with van der Waals surface area (Å²) < 4.78 is 32.4. The Morgan fingerprint density at radius 3 is 2.31 bits per heavy atom. The van der Waals surface area contributed by atoms with Crippen molar-refractivity contribution < 1.29 is 17.9 Å². The lowest BCUT2D eigenvalue weighted by Crippen LogP contribution is -2.50. The van der Waals surface area contributed by atoms with Crippen LogP contribution in [0.4, 0.5) is 4.79 Å². The Morgan fingerprint density at radius 1 is 1.12 bits per heavy atom. The number of nitrogens with zero attached hydrogens (tertiary/aromatic N) is 1. The Balaban J connectivity index is 1.98. The molecule has 2 atom stereocenters. The lowest BCUT2D eigenvalue weighted by atomic mass is 9.97. The van der Waals surface area contributed by atoms with Crippen molar-refractivity contribution in [3.63, 3.8) is 0 Å². The zero-order valence-corrected chi connectivity index (χ0v) is 15.6. The number of amides is 1. The average Bonchev–Trinajstić information content (AvgIpc) is 2.61. The van der Waals surface area contributed by atoms with E-state index in [1.54, 1.807) is 19.1 Å². The number of ether oxygens (including phenoxy) is 1. The van der Waals surface area contributed by atoms with E-state index < -0.39 is 28.3 Å². The average molecular weight is 371 g/mol. The van der Waals surface area contributed by atoms with Gasteiger partial charge in [0, 0.05) is 6.42 Å². The van der Waals surface area contributed by atoms with Gasteiger partial charge in [-0.15, -0.1) is 0 Å². The standard InChI is InChI=1S/C20H21NO4S/c1-14(2)18-13-19(16-7-5-4-6-8-16)25-20(22)21(18)26(23,24)17-11-9-15(3)10-12-17/h4-12,18-19H,1,13H2,2-3H3/t18-,19+/m0/s1. The van der Waals surface area contributed by atoms with Crippen molar-refractivity contribution in [3.8, 4) is 0 Å². The molecule has 0 unspecified atom stereocenters. The zero-order chi connectivity index (χ0) is 18.9. The number of sulfonamides is 1. The van der Waals surface area contributed by atoms with Crippen molar-refractivity contribution in [2.75, 3.05) is 0 Å². The first-order valence-corrected chi connectivity index (χ1v) is 9.77. The fourth-order valence-corrected chi connectivity index (χ4v) is 4.56. The third-order valence-corrected chi connectivity index (χ3v) is 6.25. The van der Waals surface area contributed by atoms with Crippen LogP contribution in [-0.2, 0) is 14.8 Å². The molecule has 0 radical (unpaired) electrons. The quantitative estimate of drug-likeness (QED) is 0.755. The number of cyclic esters (lactones) is 1. The van der Waals surface area contributed by atoms with Gasteiger partial charge in [0.2, 0.25) is 0 Å². The van der Waals surface area contributed by atoms with Gasteiger partial charge in [0.05, 0.1) is 10.9 Å². The van der Waals surface area contributed by atoms with Crippen LogP contribution in [0.3, 0.4) is 0 Å². The second-order valence-electron chi connectivity index (χ2n) is 6.49. The van der Waals surface area contributed by atoms with Gasteiger partial charge in [-0.3, -0.25) is 0 Å². The molecular weight excluding hydrogens is 350 g/mol. The molecule has 1 aliphatic rings. The molecule has 0 aliphatic carbocycles. The van der Waals surface area contributed by atoms with E-state index in [2.05, 4.69) is 6.58 Å². The molecule has 1 heterocycles. The van der Waals surface area contributed by atoms with E-state index in [0.29, 0.717) is 12.0 Å². The first-order valence-electron chi connectivity index (χ1n) is 8.33. The summed E-state index contributed by atoms with van der Waals surface area (Å²) in [5, 5.41) is 0. The Hall–Kier alpha value is -2.60. The lowest BCUT2D eigenvalue weighted by Gasteiger charge is -2.38. The van der Waals surface area contributed by atoms with Crippen molar-refractivity contribution in [3.05, 3.63) is 77.9 Å². The molecule has 0 N–H and O–H groups in total. The third-order valence-electron chi connectivity index (χ3n) is 4.46. The Kier molecular flexibility index (Phi) is 4.87. The first kappa shape index (κ1) is 18.2. The predicted molar refractivity (Wildman–Crippen MR) is 99.1 cm³/mol. The SMILES string of the molecule is C=C(C)[C@@H]1C[C@H](c2ccccc2)OC(=O)N1S(=O)(=O)c1ccc(C)cc1. The number of aryl methyl sites for hydroxylation is 1. The van der Waals surface area contributed by atoms with E-state index >= 15 is 0 Å². The van der Waals surface area contributed by atoms with Gasteiger partial charge in [-0.05, 0) is 31.5 Å². The van der Waals surface area contributed by atoms with E-state index in [9.17, 15) is 13.2 Å². The van der Waals surface area contributed by atoms with Crippen molar-refractivity contribution >= 4 is 16.1 Å². The maximum atomic E-state index is 13.1. The first-order chi connectivity index (χ1) is 12.3. The summed E-state index contributed by atoms with van der Waals surface area (Å²) in [5.74, 6) is 0. The minimum absolute atomic E-state index is 0.0597. The van der Waals surface area contributed by atoms with Crippen LogP contribution in [-0.4, -0.2) is 24.9 Å². The molecule has 26 heavy (non-hydrogen) atoms. The van der Waals surface area contributed by atoms with Gasteiger partial charge < -0.3 is 4.74 Å². The maximum Gasteiger partial charge on any atom is 0.425 e. The summed E-state index contributed by atoms with van der Waals surface area (Å²) in [6.45, 7) is 7.49. The highest BCUT2D eigenvalue weighted by molar-refractivity contribution is 7.89. The summed E-state index contributed by atoms with van der Waals surface area (Å²) in [5.41, 5.74) is 2.36. The molecule has 5 nitrogen and oxygen atoms in total. The molecule has 1 aliphatic heterocycles. The smallest absolute Gasteiger partial charge is 0.425 e. The van der Waals surface area contributed by atoms with Crippen LogP contribution in [0.15, 0.2) is 71.6 Å². The molecule has 0 bridgehead atoms. The highest BCUT2D eigenvalue weighted by Crippen LogP contribution is 2.36. The number of benzene rings is 2. The van der Waals surface area contributed by atoms with E-state index in [4.69, 9.17) is 4.74 Å². The molecule has 1 amide bonds. The highest BCUT2D eigenvalue weighted by Gasteiger charge is 2.43. The van der Waals surface area contributed by atoms with E-state index in [-0.39, 0.29) is 4.90 Å². The summed E-state index contributed by atoms with van der Waals surface area (Å²) in [6.07, 6.45) is -1.05. The second kappa shape index (κ2) is 6.96. The van der Waals surface area contributed by atoms with Gasteiger partial charge in [0.15, 0.2) is 0 Å². The molecule has 1 fully saturated rings. The molecule has 0 aromatic heterocycles. The maximum absolute atomic E-state index is 13.1. The third kappa shape index (κ3) is 3.37. The Morgan fingerprint density at radius 2 is 1.73 bits per heavy atom. The minimum Gasteiger partial charge on any atom is -0.440 e. The fourth-order valence-electron chi connectivity index (χ4n) is 3.01. The number of hydrogen-bond donors (Lipinski definition) is 0. The lowest BCUT2D eigenvalue weighted by molar-refractivity contribution is 0.0333. The molecular formula is C20H21NO4S. The van der Waals surface area contributed by atoms with Crippen LogP contribution >= 0.6 is 0 Å². The van der Waals surface area contributed by atoms with Crippen molar-refractivity contribution in [1.29, 1.82) is 0 Å². The van der Waals surface area contributed by atoms with Crippen LogP contribution in [0.5, 0.6) is 0 Å². The van der Waals surface area contributed by atoms with Gasteiger partial charge in [-0.25, -0.2) is 13.2 Å². The van der Waals surface area contributed by atoms with E-state index in [0.717, 1.165) is 15.4 Å². The van der Waals surface area contributed by atoms with Crippen molar-refractivity contribution in [2.24, 2.45) is 0 Å². The van der Waals surface area contributed by atoms with Crippen molar-refractivity contribution in [1.82, 2.24) is 4.31 Å². The minimum atomic E-state index is -4.03. The Bertz CT molecular complexity index is 920. The predicted octanol–water partition coefficient (Wildman–Crippen LogP) is 4.21. The molecule has 2 aromatic carbocycles. The second-order valence-corrected chi connectivity index (χ2v) is 8.31. The van der Waals surface area contributed by atoms with Gasteiger partial charge in [-0.2, -0.15) is 4.31 Å². The van der Waals surface area contributed by atoms with Gasteiger partial charge in [0.25, 0.3) is 10.0 Å². The number of rotatable bonds is 4. The zero-order valence-electron chi connectivity index (χ0n) is 14.8. The molecule has 0 saturated carbocycles. The summed E-state index contributed by atoms with van der Waals surface area (Å²) in [6, 6.07) is 15.0. The topological polar surface area (TPSA) is 63.7 Å². The van der Waals surface area contributed by atoms with E-state index in [1.165, 1.54) is 12.1 Å². The largest absolute Gasteiger partial charge is 0.440 e. The molecule has 0 spiro atoms. The summed E-state index contributed by atoms with van der Waals surface area (Å²) in [4.78, 5) is 12.7. The van der Waals surface area contributed by atoms with Gasteiger partial charge >= 0.3 is 6.09 Å². The van der Waals surface area contributed by atoms with E-state index in [1.807, 2.05) is 37.3 Å². The monoisotopic (exact) mass is 371 g/mol. The number of carbonyl (C=O) groups is 1. The van der Waals surface area contributed by atoms with Crippen LogP contribution in [0, 0.1) is 6.92 Å². The van der Waals surface area contributed by atoms with Crippen LogP contribution in [0.1, 0.15) is 30.6 Å². The van der Waals surface area contributed by atoms with Crippen LogP contribution in [0.25, 0.3) is 0 Å². The van der Waals surface area contributed by atoms with Crippen molar-refractivity contribution in [2.45, 2.75) is 37.3 Å². The van der Waals surface area contributed by atoms with Crippen LogP contribution < -0.4 is 0 Å². The summed E-state index contributed by atoms with van der Waals surface area (Å²) >= 11 is 0. The molecule has 6 heteroatoms. The van der Waals surface area contributed by atoms with Gasteiger partial charge in [-0.1, -0.05) is 60.2 Å². The fraction of sp³-hybridized carbons (Fsp3) is 0.250. The number of carbonyl (C=O) groups excluding carboxylic acids is 1. The highest BCUT2D eigenvalue weighted by atomic mass is 32.2. The normalized spacial score (nSPS) is 20.5. The molecule has 3 rings (SSSR count). The number of hydrogen-bond acceptors (Lipinski definition) is 4. The summed E-state index contributed by atoms with van der Waals surface area (Å²) in [7, 11) is -4.03. The Labute approximate surface area is 154 Å². The molecule has 1 saturated heterocycles. The van der Waals surface area contributed by atoms with Gasteiger partial charge in [0.1, 0.15) is 6.10 Å². The molecule has 136 valence electrons. The van der Waals surface area contributed by atoms with Crippen LogP contribution in [0.2, 0.25) is 0 Å².